The quantitative estimate of drug-likeness (QED) is 0.757. The third-order valence-corrected chi connectivity index (χ3v) is 3.42. The lowest BCUT2D eigenvalue weighted by Gasteiger charge is -2.13. The first kappa shape index (κ1) is 13.4. The predicted octanol–water partition coefficient (Wildman–Crippen LogP) is 4.25. The SMILES string of the molecule is CCOc1ccccc1CNc1cccc2cnccc12. The number of nitrogens with zero attached hydrogens (tertiary/aromatic N) is 1. The topological polar surface area (TPSA) is 34.1 Å². The molecule has 3 rings (SSSR count). The summed E-state index contributed by atoms with van der Waals surface area (Å²) in [4.78, 5) is 4.16. The van der Waals surface area contributed by atoms with E-state index in [0.29, 0.717) is 6.61 Å². The Morgan fingerprint density at radius 2 is 1.95 bits per heavy atom. The number of benzene rings is 2. The highest BCUT2D eigenvalue weighted by atomic mass is 16.5. The third kappa shape index (κ3) is 2.97. The number of ether oxygens (including phenoxy) is 1. The van der Waals surface area contributed by atoms with Crippen LogP contribution in [0.1, 0.15) is 12.5 Å². The molecule has 0 saturated carbocycles. The fourth-order valence-corrected chi connectivity index (χ4v) is 2.41. The fourth-order valence-electron chi connectivity index (χ4n) is 2.41. The van der Waals surface area contributed by atoms with E-state index in [2.05, 4.69) is 28.5 Å². The van der Waals surface area contributed by atoms with Gasteiger partial charge in [0.25, 0.3) is 0 Å². The highest BCUT2D eigenvalue weighted by Gasteiger charge is 2.04. The highest BCUT2D eigenvalue weighted by molar-refractivity contribution is 5.93. The molecular formula is C18H18N2O. The second-order valence-electron chi connectivity index (χ2n) is 4.80. The Morgan fingerprint density at radius 3 is 2.86 bits per heavy atom. The molecule has 3 nitrogen and oxygen atoms in total. The van der Waals surface area contributed by atoms with Crippen LogP contribution in [0, 0.1) is 0 Å². The summed E-state index contributed by atoms with van der Waals surface area (Å²) in [5.74, 6) is 0.939. The Balaban J connectivity index is 1.84. The van der Waals surface area contributed by atoms with Gasteiger partial charge in [-0.25, -0.2) is 0 Å². The molecule has 1 N–H and O–H groups in total. The zero-order valence-electron chi connectivity index (χ0n) is 12.0. The van der Waals surface area contributed by atoms with Crippen LogP contribution in [0.5, 0.6) is 5.75 Å². The van der Waals surface area contributed by atoms with Gasteiger partial charge in [0.1, 0.15) is 5.75 Å². The second-order valence-corrected chi connectivity index (χ2v) is 4.80. The van der Waals surface area contributed by atoms with E-state index in [-0.39, 0.29) is 0 Å². The lowest BCUT2D eigenvalue weighted by atomic mass is 10.1. The molecule has 0 atom stereocenters. The number of rotatable bonds is 5. The standard InChI is InChI=1S/C18H18N2O/c1-2-21-18-9-4-3-6-15(18)13-20-17-8-5-7-14-12-19-11-10-16(14)17/h3-12,20H,2,13H2,1H3. The van der Waals surface area contributed by atoms with Crippen LogP contribution in [0.25, 0.3) is 10.8 Å². The lowest BCUT2D eigenvalue weighted by Crippen LogP contribution is -2.03. The molecule has 0 fully saturated rings. The average molecular weight is 278 g/mol. The number of hydrogen-bond donors (Lipinski definition) is 1. The Kier molecular flexibility index (Phi) is 4.01. The number of nitrogens with one attached hydrogen (secondary N) is 1. The second kappa shape index (κ2) is 6.27. The van der Waals surface area contributed by atoms with E-state index in [1.165, 1.54) is 5.39 Å². The van der Waals surface area contributed by atoms with Crippen LogP contribution in [0.4, 0.5) is 5.69 Å². The maximum atomic E-state index is 5.66. The molecule has 0 aliphatic heterocycles. The van der Waals surface area contributed by atoms with Gasteiger partial charge in [-0.05, 0) is 25.1 Å². The summed E-state index contributed by atoms with van der Waals surface area (Å²) in [6, 6.07) is 16.4. The van der Waals surface area contributed by atoms with Crippen LogP contribution in [-0.2, 0) is 6.54 Å². The van der Waals surface area contributed by atoms with E-state index in [9.17, 15) is 0 Å². The minimum Gasteiger partial charge on any atom is -0.494 e. The van der Waals surface area contributed by atoms with Crippen molar-refractivity contribution in [3.05, 3.63) is 66.5 Å². The smallest absolute Gasteiger partial charge is 0.124 e. The van der Waals surface area contributed by atoms with Crippen molar-refractivity contribution in [1.29, 1.82) is 0 Å². The number of anilines is 1. The Morgan fingerprint density at radius 1 is 1.05 bits per heavy atom. The molecule has 0 spiro atoms. The third-order valence-electron chi connectivity index (χ3n) is 3.42. The first-order chi connectivity index (χ1) is 10.4. The Hall–Kier alpha value is -2.55. The first-order valence-corrected chi connectivity index (χ1v) is 7.16. The summed E-state index contributed by atoms with van der Waals surface area (Å²) < 4.78 is 5.66. The van der Waals surface area contributed by atoms with Crippen molar-refractivity contribution in [2.75, 3.05) is 11.9 Å². The summed E-state index contributed by atoms with van der Waals surface area (Å²) in [5.41, 5.74) is 2.27. The van der Waals surface area contributed by atoms with Crippen LogP contribution in [0.15, 0.2) is 60.9 Å². The summed E-state index contributed by atoms with van der Waals surface area (Å²) >= 11 is 0. The maximum Gasteiger partial charge on any atom is 0.124 e. The molecule has 3 aromatic rings. The lowest BCUT2D eigenvalue weighted by molar-refractivity contribution is 0.337. The molecule has 0 amide bonds. The van der Waals surface area contributed by atoms with E-state index in [0.717, 1.165) is 28.9 Å². The van der Waals surface area contributed by atoms with Gasteiger partial charge in [0, 0.05) is 41.0 Å². The van der Waals surface area contributed by atoms with Gasteiger partial charge in [-0.3, -0.25) is 4.98 Å². The van der Waals surface area contributed by atoms with Crippen molar-refractivity contribution < 1.29 is 4.74 Å². The Labute approximate surface area is 124 Å². The molecule has 0 unspecified atom stereocenters. The van der Waals surface area contributed by atoms with Crippen molar-refractivity contribution in [2.24, 2.45) is 0 Å². The molecular weight excluding hydrogens is 260 g/mol. The molecule has 1 aromatic heterocycles. The van der Waals surface area contributed by atoms with Gasteiger partial charge in [-0.15, -0.1) is 0 Å². The van der Waals surface area contributed by atoms with Crippen LogP contribution in [0.2, 0.25) is 0 Å². The zero-order valence-corrected chi connectivity index (χ0v) is 12.0. The van der Waals surface area contributed by atoms with Crippen molar-refractivity contribution in [3.8, 4) is 5.75 Å². The molecule has 1 heterocycles. The van der Waals surface area contributed by atoms with Gasteiger partial charge in [-0.2, -0.15) is 0 Å². The minimum absolute atomic E-state index is 0.678. The van der Waals surface area contributed by atoms with E-state index in [4.69, 9.17) is 4.74 Å². The molecule has 0 aliphatic carbocycles. The predicted molar refractivity (Wildman–Crippen MR) is 86.7 cm³/mol. The van der Waals surface area contributed by atoms with Crippen LogP contribution in [0.3, 0.4) is 0 Å². The molecule has 0 bridgehead atoms. The molecule has 0 radical (unpaired) electrons. The van der Waals surface area contributed by atoms with E-state index in [1.807, 2.05) is 49.6 Å². The minimum atomic E-state index is 0.678. The van der Waals surface area contributed by atoms with Gasteiger partial charge in [-0.1, -0.05) is 30.3 Å². The van der Waals surface area contributed by atoms with Crippen molar-refractivity contribution in [2.45, 2.75) is 13.5 Å². The van der Waals surface area contributed by atoms with E-state index < -0.39 is 0 Å². The maximum absolute atomic E-state index is 5.66. The highest BCUT2D eigenvalue weighted by Crippen LogP contribution is 2.24. The van der Waals surface area contributed by atoms with E-state index >= 15 is 0 Å². The largest absolute Gasteiger partial charge is 0.494 e. The van der Waals surface area contributed by atoms with E-state index in [1.54, 1.807) is 0 Å². The van der Waals surface area contributed by atoms with Crippen molar-refractivity contribution in [1.82, 2.24) is 4.98 Å². The molecule has 3 heteroatoms. The first-order valence-electron chi connectivity index (χ1n) is 7.16. The zero-order chi connectivity index (χ0) is 14.5. The van der Waals surface area contributed by atoms with Crippen LogP contribution < -0.4 is 10.1 Å². The molecule has 0 saturated heterocycles. The molecule has 0 aliphatic rings. The number of para-hydroxylation sites is 1. The van der Waals surface area contributed by atoms with Crippen LogP contribution >= 0.6 is 0 Å². The number of fused-ring (bicyclic) bond motifs is 1. The number of pyridine rings is 1. The van der Waals surface area contributed by atoms with Gasteiger partial charge in [0.2, 0.25) is 0 Å². The summed E-state index contributed by atoms with van der Waals surface area (Å²) in [5, 5.41) is 5.82. The van der Waals surface area contributed by atoms with Crippen LogP contribution in [-0.4, -0.2) is 11.6 Å². The van der Waals surface area contributed by atoms with Gasteiger partial charge >= 0.3 is 0 Å². The fraction of sp³-hybridized carbons (Fsp3) is 0.167. The molecule has 2 aromatic carbocycles. The number of aromatic nitrogens is 1. The van der Waals surface area contributed by atoms with Gasteiger partial charge in [0.05, 0.1) is 6.61 Å². The summed E-state index contributed by atoms with van der Waals surface area (Å²) in [7, 11) is 0. The van der Waals surface area contributed by atoms with Gasteiger partial charge < -0.3 is 10.1 Å². The number of hydrogen-bond acceptors (Lipinski definition) is 3. The molecule has 21 heavy (non-hydrogen) atoms. The molecule has 106 valence electrons. The summed E-state index contributed by atoms with van der Waals surface area (Å²) in [6.45, 7) is 3.41. The van der Waals surface area contributed by atoms with Gasteiger partial charge in [0.15, 0.2) is 0 Å². The van der Waals surface area contributed by atoms with Crippen molar-refractivity contribution in [3.63, 3.8) is 0 Å². The Bertz CT molecular complexity index is 735. The average Bonchev–Trinajstić information content (AvgIpc) is 2.54. The van der Waals surface area contributed by atoms with Crippen molar-refractivity contribution >= 4 is 16.5 Å². The summed E-state index contributed by atoms with van der Waals surface area (Å²) in [6.07, 6.45) is 3.70. The normalized spacial score (nSPS) is 10.5. The monoisotopic (exact) mass is 278 g/mol.